The zero-order chi connectivity index (χ0) is 25.1. The molecule has 0 aliphatic carbocycles. The number of nitrogens with one attached hydrogen (secondary N) is 1. The number of hydrogen-bond donors (Lipinski definition) is 1. The molecule has 0 radical (unpaired) electrons. The zero-order valence-electron chi connectivity index (χ0n) is 21.2. The van der Waals surface area contributed by atoms with Crippen LogP contribution in [0.25, 0.3) is 0 Å². The Balaban J connectivity index is 3.25. The SMILES string of the molecule is COCO[C@@H](C#C[Si](C)(C)C)[C@H](N[S@@](=O)C(C)(C)C)[C@H](CCCl)OCc1ccc(OC)cc1. The van der Waals surface area contributed by atoms with Crippen LogP contribution in [-0.2, 0) is 31.8 Å². The van der Waals surface area contributed by atoms with Gasteiger partial charge in [-0.15, -0.1) is 17.1 Å². The molecular weight excluding hydrogens is 478 g/mol. The molecule has 0 saturated carbocycles. The average Bonchev–Trinajstić information content (AvgIpc) is 2.74. The van der Waals surface area contributed by atoms with Gasteiger partial charge in [-0.25, -0.2) is 8.93 Å². The molecule has 0 aliphatic rings. The molecule has 0 saturated heterocycles. The highest BCUT2D eigenvalue weighted by molar-refractivity contribution is 7.84. The monoisotopic (exact) mass is 517 g/mol. The largest absolute Gasteiger partial charge is 0.497 e. The van der Waals surface area contributed by atoms with Crippen LogP contribution < -0.4 is 9.46 Å². The molecule has 0 aromatic heterocycles. The molecule has 33 heavy (non-hydrogen) atoms. The predicted octanol–water partition coefficient (Wildman–Crippen LogP) is 4.50. The van der Waals surface area contributed by atoms with E-state index in [-0.39, 0.29) is 12.9 Å². The van der Waals surface area contributed by atoms with E-state index < -0.39 is 36.0 Å². The summed E-state index contributed by atoms with van der Waals surface area (Å²) < 4.78 is 38.5. The second-order valence-electron chi connectivity index (χ2n) is 9.71. The van der Waals surface area contributed by atoms with E-state index in [9.17, 15) is 4.21 Å². The molecule has 0 aliphatic heterocycles. The van der Waals surface area contributed by atoms with Crippen molar-refractivity contribution in [3.8, 4) is 17.2 Å². The van der Waals surface area contributed by atoms with Gasteiger partial charge < -0.3 is 18.9 Å². The lowest BCUT2D eigenvalue weighted by Crippen LogP contribution is -2.53. The van der Waals surface area contributed by atoms with Crippen LogP contribution in [0.2, 0.25) is 19.6 Å². The molecule has 0 fully saturated rings. The zero-order valence-corrected chi connectivity index (χ0v) is 23.8. The highest BCUT2D eigenvalue weighted by Crippen LogP contribution is 2.20. The van der Waals surface area contributed by atoms with Crippen molar-refractivity contribution in [3.05, 3.63) is 29.8 Å². The van der Waals surface area contributed by atoms with Gasteiger partial charge in [0.25, 0.3) is 0 Å². The number of ether oxygens (including phenoxy) is 4. The molecule has 1 rings (SSSR count). The van der Waals surface area contributed by atoms with Crippen LogP contribution >= 0.6 is 11.6 Å². The Morgan fingerprint density at radius 3 is 2.24 bits per heavy atom. The maximum absolute atomic E-state index is 13.1. The highest BCUT2D eigenvalue weighted by Gasteiger charge is 2.34. The Labute approximate surface area is 208 Å². The van der Waals surface area contributed by atoms with Crippen molar-refractivity contribution >= 4 is 30.7 Å². The first kappa shape index (κ1) is 30.1. The maximum atomic E-state index is 13.1. The smallest absolute Gasteiger partial charge is 0.148 e. The lowest BCUT2D eigenvalue weighted by molar-refractivity contribution is -0.0849. The van der Waals surface area contributed by atoms with E-state index >= 15 is 0 Å². The number of alkyl halides is 1. The Morgan fingerprint density at radius 1 is 1.12 bits per heavy atom. The third kappa shape index (κ3) is 11.9. The Morgan fingerprint density at radius 2 is 1.76 bits per heavy atom. The van der Waals surface area contributed by atoms with Crippen molar-refractivity contribution < 1.29 is 23.2 Å². The van der Waals surface area contributed by atoms with Gasteiger partial charge in [0.1, 0.15) is 26.7 Å². The summed E-state index contributed by atoms with van der Waals surface area (Å²) in [7, 11) is 0.158. The quantitative estimate of drug-likeness (QED) is 0.180. The molecule has 0 unspecified atom stereocenters. The van der Waals surface area contributed by atoms with Gasteiger partial charge in [-0.3, -0.25) is 0 Å². The Hall–Kier alpha value is -0.923. The summed E-state index contributed by atoms with van der Waals surface area (Å²) in [5.41, 5.74) is 4.37. The van der Waals surface area contributed by atoms with Crippen LogP contribution in [0.15, 0.2) is 24.3 Å². The Kier molecular flexibility index (Phi) is 13.2. The number of rotatable bonds is 13. The fourth-order valence-electron chi connectivity index (χ4n) is 2.70. The number of hydrogen-bond acceptors (Lipinski definition) is 5. The second kappa shape index (κ2) is 14.5. The average molecular weight is 518 g/mol. The minimum atomic E-state index is -1.68. The van der Waals surface area contributed by atoms with Gasteiger partial charge in [-0.2, -0.15) is 0 Å². The van der Waals surface area contributed by atoms with E-state index in [0.717, 1.165) is 11.3 Å². The van der Waals surface area contributed by atoms with Gasteiger partial charge in [0, 0.05) is 13.0 Å². The molecule has 6 nitrogen and oxygen atoms in total. The van der Waals surface area contributed by atoms with Gasteiger partial charge in [0.05, 0.1) is 41.6 Å². The summed E-state index contributed by atoms with van der Waals surface area (Å²) in [6.45, 7) is 12.7. The molecular formula is C24H40ClNO5SSi. The lowest BCUT2D eigenvalue weighted by atomic mass is 10.0. The summed E-state index contributed by atoms with van der Waals surface area (Å²) in [5, 5.41) is 0. The first-order valence-corrected chi connectivity index (χ1v) is 16.2. The predicted molar refractivity (Wildman–Crippen MR) is 140 cm³/mol. The summed E-state index contributed by atoms with van der Waals surface area (Å²) >= 11 is 6.15. The van der Waals surface area contributed by atoms with Crippen LogP contribution in [0.1, 0.15) is 32.8 Å². The molecule has 1 aromatic rings. The van der Waals surface area contributed by atoms with Crippen molar-refractivity contribution in [3.63, 3.8) is 0 Å². The fraction of sp³-hybridized carbons (Fsp3) is 0.667. The summed E-state index contributed by atoms with van der Waals surface area (Å²) in [4.78, 5) is 0. The van der Waals surface area contributed by atoms with Crippen LogP contribution in [0, 0.1) is 11.5 Å². The van der Waals surface area contributed by atoms with Crippen molar-refractivity contribution in [2.75, 3.05) is 26.9 Å². The summed E-state index contributed by atoms with van der Waals surface area (Å²) in [5.74, 6) is 4.44. The number of methoxy groups -OCH3 is 2. The van der Waals surface area contributed by atoms with Crippen molar-refractivity contribution in [1.82, 2.24) is 4.72 Å². The van der Waals surface area contributed by atoms with Gasteiger partial charge in [-0.1, -0.05) is 37.7 Å². The molecule has 0 bridgehead atoms. The molecule has 4 atom stereocenters. The number of halogens is 1. The van der Waals surface area contributed by atoms with Gasteiger partial charge in [0.15, 0.2) is 0 Å². The molecule has 0 amide bonds. The fourth-order valence-corrected chi connectivity index (χ4v) is 4.36. The van der Waals surface area contributed by atoms with Crippen LogP contribution in [0.4, 0.5) is 0 Å². The third-order valence-electron chi connectivity index (χ3n) is 4.50. The standard InChI is InChI=1S/C24H40ClNO5SSi/c1-24(2,3)32(27)26-23(22(31-18-28-4)14-16-33(6,7)8)21(13-15-25)30-17-19-9-11-20(29-5)12-10-19/h9-12,21-23,26H,13,15,17-18H2,1-8H3/t21-,22-,23+,32-/m0/s1. The van der Waals surface area contributed by atoms with E-state index in [1.807, 2.05) is 45.0 Å². The minimum Gasteiger partial charge on any atom is -0.497 e. The summed E-state index contributed by atoms with van der Waals surface area (Å²) in [6, 6.07) is 7.22. The van der Waals surface area contributed by atoms with Gasteiger partial charge >= 0.3 is 0 Å². The van der Waals surface area contributed by atoms with Crippen molar-refractivity contribution in [1.29, 1.82) is 0 Å². The molecule has 0 spiro atoms. The molecule has 1 N–H and O–H groups in total. The second-order valence-corrected chi connectivity index (χ2v) is 16.8. The van der Waals surface area contributed by atoms with Gasteiger partial charge in [0.2, 0.25) is 0 Å². The first-order valence-electron chi connectivity index (χ1n) is 11.0. The Bertz CT molecular complexity index is 783. The maximum Gasteiger partial charge on any atom is 0.148 e. The summed E-state index contributed by atoms with van der Waals surface area (Å²) in [6.07, 6.45) is -0.418. The van der Waals surface area contributed by atoms with E-state index in [2.05, 4.69) is 35.8 Å². The van der Waals surface area contributed by atoms with Crippen LogP contribution in [-0.4, -0.2) is 62.2 Å². The van der Waals surface area contributed by atoms with E-state index in [1.165, 1.54) is 0 Å². The van der Waals surface area contributed by atoms with Crippen LogP contribution in [0.5, 0.6) is 5.75 Å². The topological polar surface area (TPSA) is 66.0 Å². The molecule has 0 heterocycles. The van der Waals surface area contributed by atoms with Gasteiger partial charge in [-0.05, 0) is 44.9 Å². The number of benzene rings is 1. The lowest BCUT2D eigenvalue weighted by Gasteiger charge is -2.33. The van der Waals surface area contributed by atoms with E-state index in [4.69, 9.17) is 30.5 Å². The molecule has 188 valence electrons. The van der Waals surface area contributed by atoms with Crippen molar-refractivity contribution in [2.24, 2.45) is 0 Å². The molecule has 9 heteroatoms. The van der Waals surface area contributed by atoms with Crippen molar-refractivity contribution in [2.45, 2.75) is 76.4 Å². The molecule has 1 aromatic carbocycles. The van der Waals surface area contributed by atoms with E-state index in [1.54, 1.807) is 14.2 Å². The highest BCUT2D eigenvalue weighted by atomic mass is 35.5. The normalized spacial score (nSPS) is 15.8. The minimum absolute atomic E-state index is 0.0669. The van der Waals surface area contributed by atoms with E-state index in [0.29, 0.717) is 18.9 Å². The first-order chi connectivity index (χ1) is 15.4. The third-order valence-corrected chi connectivity index (χ3v) is 7.21. The van der Waals surface area contributed by atoms with Crippen LogP contribution in [0.3, 0.4) is 0 Å².